The van der Waals surface area contributed by atoms with Crippen molar-refractivity contribution in [2.24, 2.45) is 5.10 Å². The lowest BCUT2D eigenvalue weighted by molar-refractivity contribution is 0.0416. The zero-order valence-corrected chi connectivity index (χ0v) is 18.1. The van der Waals surface area contributed by atoms with Gasteiger partial charge in [0, 0.05) is 18.7 Å². The van der Waals surface area contributed by atoms with Gasteiger partial charge in [-0.3, -0.25) is 4.79 Å². The summed E-state index contributed by atoms with van der Waals surface area (Å²) in [5.41, 5.74) is 3.46. The molecule has 0 saturated carbocycles. The molecule has 1 aliphatic heterocycles. The van der Waals surface area contributed by atoms with Gasteiger partial charge < -0.3 is 28.6 Å². The molecule has 0 aliphatic carbocycles. The normalized spacial score (nSPS) is 13.5. The van der Waals surface area contributed by atoms with Crippen LogP contribution in [0.5, 0.6) is 23.0 Å². The van der Waals surface area contributed by atoms with Gasteiger partial charge in [0.25, 0.3) is 5.91 Å². The fraction of sp³-hybridized carbons (Fsp3) is 0.318. The summed E-state index contributed by atoms with van der Waals surface area (Å²) in [4.78, 5) is 26.2. The predicted octanol–water partition coefficient (Wildman–Crippen LogP) is 2.31. The molecular formula is C22H25N3O7. The van der Waals surface area contributed by atoms with Crippen molar-refractivity contribution < 1.29 is 33.3 Å². The zero-order chi connectivity index (χ0) is 22.9. The second-order valence-electron chi connectivity index (χ2n) is 6.65. The summed E-state index contributed by atoms with van der Waals surface area (Å²) < 4.78 is 26.3. The van der Waals surface area contributed by atoms with Gasteiger partial charge in [-0.05, 0) is 42.0 Å². The summed E-state index contributed by atoms with van der Waals surface area (Å²) >= 11 is 0. The smallest absolute Gasteiger partial charge is 0.415 e. The van der Waals surface area contributed by atoms with Crippen LogP contribution in [-0.2, 0) is 4.74 Å². The van der Waals surface area contributed by atoms with E-state index < -0.39 is 12.0 Å². The maximum atomic E-state index is 12.4. The van der Waals surface area contributed by atoms with E-state index in [1.165, 1.54) is 39.7 Å². The van der Waals surface area contributed by atoms with Gasteiger partial charge in [0.1, 0.15) is 5.75 Å². The number of nitrogens with one attached hydrogen (secondary N) is 1. The summed E-state index contributed by atoms with van der Waals surface area (Å²) in [5.74, 6) is 1.09. The minimum absolute atomic E-state index is 0.294. The number of amides is 2. The third kappa shape index (κ3) is 5.67. The van der Waals surface area contributed by atoms with Gasteiger partial charge in [0.2, 0.25) is 5.75 Å². The first-order valence-corrected chi connectivity index (χ1v) is 9.83. The highest BCUT2D eigenvalue weighted by molar-refractivity contribution is 5.96. The molecule has 1 aliphatic rings. The Morgan fingerprint density at radius 1 is 1.00 bits per heavy atom. The van der Waals surface area contributed by atoms with Crippen molar-refractivity contribution >= 4 is 18.2 Å². The SMILES string of the molecule is COc1cc(C(=O)NN=Cc2ccc(OC(=O)N3CCOCC3)cc2)cc(OC)c1OC. The van der Waals surface area contributed by atoms with Crippen molar-refractivity contribution in [2.75, 3.05) is 47.6 Å². The number of ether oxygens (including phenoxy) is 5. The molecule has 2 aromatic rings. The molecule has 0 radical (unpaired) electrons. The molecule has 2 amide bonds. The first-order valence-electron chi connectivity index (χ1n) is 9.83. The quantitative estimate of drug-likeness (QED) is 0.517. The van der Waals surface area contributed by atoms with Gasteiger partial charge in [-0.25, -0.2) is 10.2 Å². The predicted molar refractivity (Wildman–Crippen MR) is 116 cm³/mol. The number of hydrazone groups is 1. The number of nitrogens with zero attached hydrogens (tertiary/aromatic N) is 2. The number of rotatable bonds is 7. The van der Waals surface area contributed by atoms with E-state index in [1.54, 1.807) is 29.2 Å². The number of carbonyl (C=O) groups is 2. The average molecular weight is 443 g/mol. The molecule has 2 aromatic carbocycles. The summed E-state index contributed by atoms with van der Waals surface area (Å²) in [6, 6.07) is 9.81. The standard InChI is InChI=1S/C22H25N3O7/c1-28-18-12-16(13-19(29-2)20(18)30-3)21(26)24-23-14-15-4-6-17(7-5-15)32-22(27)25-8-10-31-11-9-25/h4-7,12-14H,8-11H2,1-3H3,(H,24,26). The Morgan fingerprint density at radius 2 is 1.62 bits per heavy atom. The average Bonchev–Trinajstić information content (AvgIpc) is 2.84. The van der Waals surface area contributed by atoms with E-state index in [-0.39, 0.29) is 0 Å². The van der Waals surface area contributed by atoms with Crippen LogP contribution < -0.4 is 24.4 Å². The second-order valence-corrected chi connectivity index (χ2v) is 6.65. The fourth-order valence-electron chi connectivity index (χ4n) is 2.98. The molecule has 0 bridgehead atoms. The summed E-state index contributed by atoms with van der Waals surface area (Å²) in [6.45, 7) is 2.03. The Hall–Kier alpha value is -3.79. The Labute approximate surface area is 185 Å². The van der Waals surface area contributed by atoms with Gasteiger partial charge in [-0.15, -0.1) is 0 Å². The first kappa shape index (κ1) is 22.9. The van der Waals surface area contributed by atoms with Crippen LogP contribution in [0.1, 0.15) is 15.9 Å². The van der Waals surface area contributed by atoms with Crippen LogP contribution in [0.2, 0.25) is 0 Å². The molecule has 32 heavy (non-hydrogen) atoms. The fourth-order valence-corrected chi connectivity index (χ4v) is 2.98. The lowest BCUT2D eigenvalue weighted by Gasteiger charge is -2.25. The van der Waals surface area contributed by atoms with Gasteiger partial charge in [0.15, 0.2) is 11.5 Å². The Balaban J connectivity index is 1.58. The van der Waals surface area contributed by atoms with Crippen LogP contribution in [0.25, 0.3) is 0 Å². The van der Waals surface area contributed by atoms with E-state index >= 15 is 0 Å². The number of carbonyl (C=O) groups excluding carboxylic acids is 2. The van der Waals surface area contributed by atoms with Crippen molar-refractivity contribution in [1.82, 2.24) is 10.3 Å². The van der Waals surface area contributed by atoms with Gasteiger partial charge in [0.05, 0.1) is 40.8 Å². The van der Waals surface area contributed by atoms with Gasteiger partial charge >= 0.3 is 6.09 Å². The maximum Gasteiger partial charge on any atom is 0.415 e. The first-order chi connectivity index (χ1) is 15.5. The van der Waals surface area contributed by atoms with E-state index in [2.05, 4.69) is 10.5 Å². The van der Waals surface area contributed by atoms with E-state index in [0.29, 0.717) is 60.4 Å². The number of hydrogen-bond donors (Lipinski definition) is 1. The number of morpholine rings is 1. The van der Waals surface area contributed by atoms with Crippen LogP contribution >= 0.6 is 0 Å². The summed E-state index contributed by atoms with van der Waals surface area (Å²) in [6.07, 6.45) is 1.07. The Morgan fingerprint density at radius 3 is 2.19 bits per heavy atom. The highest BCUT2D eigenvalue weighted by atomic mass is 16.6. The molecule has 10 heteroatoms. The van der Waals surface area contributed by atoms with Gasteiger partial charge in [-0.1, -0.05) is 0 Å². The molecule has 1 saturated heterocycles. The molecule has 0 atom stereocenters. The zero-order valence-electron chi connectivity index (χ0n) is 18.1. The molecule has 1 heterocycles. The summed E-state index contributed by atoms with van der Waals surface area (Å²) in [7, 11) is 4.43. The van der Waals surface area contributed by atoms with Crippen molar-refractivity contribution in [3.8, 4) is 23.0 Å². The second kappa shape index (κ2) is 11.0. The van der Waals surface area contributed by atoms with Crippen LogP contribution in [0.4, 0.5) is 4.79 Å². The molecular weight excluding hydrogens is 418 g/mol. The number of benzene rings is 2. The number of methoxy groups -OCH3 is 3. The van der Waals surface area contributed by atoms with E-state index in [9.17, 15) is 9.59 Å². The highest BCUT2D eigenvalue weighted by Crippen LogP contribution is 2.38. The monoisotopic (exact) mass is 443 g/mol. The third-order valence-electron chi connectivity index (χ3n) is 4.66. The topological polar surface area (TPSA) is 108 Å². The lowest BCUT2D eigenvalue weighted by atomic mass is 10.1. The third-order valence-corrected chi connectivity index (χ3v) is 4.66. The molecule has 0 aromatic heterocycles. The molecule has 0 unspecified atom stereocenters. The molecule has 3 rings (SSSR count). The van der Waals surface area contributed by atoms with Crippen LogP contribution in [0.15, 0.2) is 41.5 Å². The Bertz CT molecular complexity index is 945. The molecule has 170 valence electrons. The van der Waals surface area contributed by atoms with Crippen molar-refractivity contribution in [2.45, 2.75) is 0 Å². The Kier molecular flexibility index (Phi) is 7.87. The minimum Gasteiger partial charge on any atom is -0.493 e. The van der Waals surface area contributed by atoms with Gasteiger partial charge in [-0.2, -0.15) is 5.10 Å². The molecule has 10 nitrogen and oxygen atoms in total. The van der Waals surface area contributed by atoms with Crippen molar-refractivity contribution in [3.63, 3.8) is 0 Å². The van der Waals surface area contributed by atoms with E-state index in [4.69, 9.17) is 23.7 Å². The number of hydrogen-bond acceptors (Lipinski definition) is 8. The molecule has 1 fully saturated rings. The van der Waals surface area contributed by atoms with Crippen molar-refractivity contribution in [3.05, 3.63) is 47.5 Å². The highest BCUT2D eigenvalue weighted by Gasteiger charge is 2.19. The van der Waals surface area contributed by atoms with Crippen LogP contribution in [-0.4, -0.2) is 70.7 Å². The lowest BCUT2D eigenvalue weighted by Crippen LogP contribution is -2.42. The van der Waals surface area contributed by atoms with Crippen LogP contribution in [0.3, 0.4) is 0 Å². The van der Waals surface area contributed by atoms with Crippen molar-refractivity contribution in [1.29, 1.82) is 0 Å². The summed E-state index contributed by atoms with van der Waals surface area (Å²) in [5, 5.41) is 3.97. The molecule has 1 N–H and O–H groups in total. The molecule has 0 spiro atoms. The maximum absolute atomic E-state index is 12.4. The van der Waals surface area contributed by atoms with E-state index in [0.717, 1.165) is 0 Å². The largest absolute Gasteiger partial charge is 0.493 e. The van der Waals surface area contributed by atoms with Crippen LogP contribution in [0, 0.1) is 0 Å². The van der Waals surface area contributed by atoms with E-state index in [1.807, 2.05) is 0 Å². The minimum atomic E-state index is -0.448.